The maximum Gasteiger partial charge on any atom is 0.339 e. The minimum absolute atomic E-state index is 0.0130. The predicted molar refractivity (Wildman–Crippen MR) is 65.3 cm³/mol. The molecule has 98 valence electrons. The molecule has 1 aromatic carbocycles. The first kappa shape index (κ1) is 14.3. The highest BCUT2D eigenvalue weighted by Crippen LogP contribution is 2.30. The van der Waals surface area contributed by atoms with E-state index < -0.39 is 17.4 Å². The van der Waals surface area contributed by atoms with Gasteiger partial charge in [0.1, 0.15) is 12.2 Å². The summed E-state index contributed by atoms with van der Waals surface area (Å²) in [6, 6.07) is 4.31. The highest BCUT2D eigenvalue weighted by atomic mass is 35.5. The number of hydrogen-bond donors (Lipinski definition) is 2. The molecule has 0 aliphatic rings. The van der Waals surface area contributed by atoms with Crippen molar-refractivity contribution in [2.45, 2.75) is 13.8 Å². The Morgan fingerprint density at radius 1 is 1.33 bits per heavy atom. The van der Waals surface area contributed by atoms with Crippen molar-refractivity contribution < 1.29 is 24.5 Å². The first-order valence-electron chi connectivity index (χ1n) is 5.13. The largest absolute Gasteiger partial charge is 0.490 e. The molecule has 0 saturated heterocycles. The van der Waals surface area contributed by atoms with E-state index >= 15 is 0 Å². The summed E-state index contributed by atoms with van der Waals surface area (Å²) in [6.07, 6.45) is 0. The van der Waals surface area contributed by atoms with Crippen LogP contribution in [-0.4, -0.2) is 28.8 Å². The molecule has 2 N–H and O–H groups in total. The Morgan fingerprint density at radius 2 is 1.94 bits per heavy atom. The summed E-state index contributed by atoms with van der Waals surface area (Å²) < 4.78 is 5.26. The number of para-hydroxylation sites is 1. The zero-order valence-electron chi connectivity index (χ0n) is 9.94. The second-order valence-electron chi connectivity index (χ2n) is 4.40. The Kier molecular flexibility index (Phi) is 4.19. The number of benzene rings is 1. The van der Waals surface area contributed by atoms with E-state index in [0.29, 0.717) is 0 Å². The molecule has 5 nitrogen and oxygen atoms in total. The van der Waals surface area contributed by atoms with Crippen molar-refractivity contribution >= 4 is 23.5 Å². The molecule has 6 heteroatoms. The van der Waals surface area contributed by atoms with Crippen LogP contribution in [0.25, 0.3) is 0 Å². The first-order chi connectivity index (χ1) is 8.25. The van der Waals surface area contributed by atoms with Crippen molar-refractivity contribution in [1.29, 1.82) is 0 Å². The quantitative estimate of drug-likeness (QED) is 0.860. The fraction of sp³-hybridized carbons (Fsp3) is 0.333. The Bertz CT molecular complexity index is 481. The van der Waals surface area contributed by atoms with Gasteiger partial charge < -0.3 is 14.9 Å². The maximum atomic E-state index is 11.0. The average molecular weight is 273 g/mol. The number of carboxylic acid groups (broad SMARTS) is 2. The minimum Gasteiger partial charge on any atom is -0.490 e. The van der Waals surface area contributed by atoms with Crippen LogP contribution in [0.5, 0.6) is 5.75 Å². The Balaban J connectivity index is 2.98. The number of carbonyl (C=O) groups is 2. The van der Waals surface area contributed by atoms with Crippen LogP contribution in [0, 0.1) is 5.41 Å². The molecule has 0 aliphatic heterocycles. The normalized spacial score (nSPS) is 11.1. The zero-order valence-corrected chi connectivity index (χ0v) is 10.7. The summed E-state index contributed by atoms with van der Waals surface area (Å²) in [5, 5.41) is 18.0. The van der Waals surface area contributed by atoms with Gasteiger partial charge in [-0.15, -0.1) is 0 Å². The summed E-state index contributed by atoms with van der Waals surface area (Å²) in [5.74, 6) is -2.23. The topological polar surface area (TPSA) is 83.8 Å². The molecule has 1 rings (SSSR count). The van der Waals surface area contributed by atoms with E-state index in [9.17, 15) is 9.59 Å². The third-order valence-corrected chi connectivity index (χ3v) is 2.65. The molecule has 0 fully saturated rings. The van der Waals surface area contributed by atoms with Crippen molar-refractivity contribution in [2.75, 3.05) is 6.61 Å². The number of rotatable bonds is 5. The van der Waals surface area contributed by atoms with Crippen LogP contribution in [0.4, 0.5) is 0 Å². The second-order valence-corrected chi connectivity index (χ2v) is 4.81. The highest BCUT2D eigenvalue weighted by molar-refractivity contribution is 6.32. The number of hydrogen-bond acceptors (Lipinski definition) is 3. The molecule has 0 heterocycles. The lowest BCUT2D eigenvalue weighted by Crippen LogP contribution is -2.31. The van der Waals surface area contributed by atoms with Crippen LogP contribution in [0.15, 0.2) is 18.2 Å². The highest BCUT2D eigenvalue weighted by Gasteiger charge is 2.29. The fourth-order valence-electron chi connectivity index (χ4n) is 1.14. The predicted octanol–water partition coefficient (Wildman–Crippen LogP) is 2.53. The van der Waals surface area contributed by atoms with E-state index in [-0.39, 0.29) is 22.9 Å². The Morgan fingerprint density at radius 3 is 2.44 bits per heavy atom. The Hall–Kier alpha value is -1.75. The van der Waals surface area contributed by atoms with Gasteiger partial charge in [-0.1, -0.05) is 17.7 Å². The lowest BCUT2D eigenvalue weighted by Gasteiger charge is -2.20. The van der Waals surface area contributed by atoms with Gasteiger partial charge in [-0.25, -0.2) is 4.79 Å². The van der Waals surface area contributed by atoms with Gasteiger partial charge in [-0.05, 0) is 26.0 Å². The molecule has 0 unspecified atom stereocenters. The van der Waals surface area contributed by atoms with Crippen LogP contribution < -0.4 is 4.74 Å². The molecule has 0 aliphatic carbocycles. The molecule has 18 heavy (non-hydrogen) atoms. The van der Waals surface area contributed by atoms with Crippen molar-refractivity contribution in [3.8, 4) is 5.75 Å². The molecule has 0 amide bonds. The smallest absolute Gasteiger partial charge is 0.339 e. The molecule has 0 bridgehead atoms. The number of halogens is 1. The van der Waals surface area contributed by atoms with Crippen molar-refractivity contribution in [3.05, 3.63) is 28.8 Å². The molecular weight excluding hydrogens is 260 g/mol. The lowest BCUT2D eigenvalue weighted by atomic mass is 9.95. The summed E-state index contributed by atoms with van der Waals surface area (Å²) >= 11 is 5.85. The third kappa shape index (κ3) is 3.13. The van der Waals surface area contributed by atoms with Gasteiger partial charge in [0.25, 0.3) is 0 Å². The Labute approximate surface area is 109 Å². The van der Waals surface area contributed by atoms with Gasteiger partial charge in [-0.3, -0.25) is 4.79 Å². The standard InChI is InChI=1S/C12H13ClO5/c1-12(2,11(16)17)6-18-9-7(10(14)15)4-3-5-8(9)13/h3-5H,6H2,1-2H3,(H,14,15)(H,16,17). The van der Waals surface area contributed by atoms with Crippen LogP contribution in [0.2, 0.25) is 5.02 Å². The molecule has 0 spiro atoms. The zero-order chi connectivity index (χ0) is 13.9. The number of carboxylic acids is 2. The molecule has 0 saturated carbocycles. The van der Waals surface area contributed by atoms with E-state index in [2.05, 4.69) is 0 Å². The number of aliphatic carboxylic acids is 1. The van der Waals surface area contributed by atoms with E-state index in [0.717, 1.165) is 0 Å². The van der Waals surface area contributed by atoms with E-state index in [1.165, 1.54) is 32.0 Å². The van der Waals surface area contributed by atoms with Gasteiger partial charge >= 0.3 is 11.9 Å². The number of aromatic carboxylic acids is 1. The molecule has 0 radical (unpaired) electrons. The van der Waals surface area contributed by atoms with Gasteiger partial charge in [0.05, 0.1) is 10.4 Å². The van der Waals surface area contributed by atoms with Crippen LogP contribution in [0.1, 0.15) is 24.2 Å². The van der Waals surface area contributed by atoms with Crippen molar-refractivity contribution in [2.24, 2.45) is 5.41 Å². The van der Waals surface area contributed by atoms with E-state index in [4.69, 9.17) is 26.6 Å². The monoisotopic (exact) mass is 272 g/mol. The SMILES string of the molecule is CC(C)(COc1c(Cl)cccc1C(=O)O)C(=O)O. The van der Waals surface area contributed by atoms with Crippen molar-refractivity contribution in [3.63, 3.8) is 0 Å². The third-order valence-electron chi connectivity index (χ3n) is 2.35. The summed E-state index contributed by atoms with van der Waals surface area (Å²) in [4.78, 5) is 21.9. The van der Waals surface area contributed by atoms with Crippen LogP contribution in [0.3, 0.4) is 0 Å². The fourth-order valence-corrected chi connectivity index (χ4v) is 1.37. The minimum atomic E-state index is -1.18. The van der Waals surface area contributed by atoms with Crippen LogP contribution in [-0.2, 0) is 4.79 Å². The maximum absolute atomic E-state index is 11.0. The average Bonchev–Trinajstić information content (AvgIpc) is 2.26. The molecular formula is C12H13ClO5. The summed E-state index contributed by atoms with van der Waals surface area (Å²) in [5.41, 5.74) is -1.22. The van der Waals surface area contributed by atoms with Gasteiger partial charge in [-0.2, -0.15) is 0 Å². The van der Waals surface area contributed by atoms with Gasteiger partial charge in [0.2, 0.25) is 0 Å². The van der Waals surface area contributed by atoms with Crippen molar-refractivity contribution in [1.82, 2.24) is 0 Å². The lowest BCUT2D eigenvalue weighted by molar-refractivity contribution is -0.148. The molecule has 1 aromatic rings. The van der Waals surface area contributed by atoms with E-state index in [1.54, 1.807) is 0 Å². The van der Waals surface area contributed by atoms with Gasteiger partial charge in [0, 0.05) is 0 Å². The summed E-state index contributed by atoms with van der Waals surface area (Å²) in [6.45, 7) is 2.78. The van der Waals surface area contributed by atoms with Gasteiger partial charge in [0.15, 0.2) is 5.75 Å². The number of ether oxygens (including phenoxy) is 1. The first-order valence-corrected chi connectivity index (χ1v) is 5.51. The summed E-state index contributed by atoms with van der Waals surface area (Å²) in [7, 11) is 0. The van der Waals surface area contributed by atoms with Crippen LogP contribution >= 0.6 is 11.6 Å². The molecule has 0 atom stereocenters. The second kappa shape index (κ2) is 5.27. The molecule has 0 aromatic heterocycles. The van der Waals surface area contributed by atoms with E-state index in [1.807, 2.05) is 0 Å².